The molecule has 0 bridgehead atoms. The van der Waals surface area contributed by atoms with Gasteiger partial charge in [0.15, 0.2) is 0 Å². The maximum atomic E-state index is 13.2. The highest BCUT2D eigenvalue weighted by molar-refractivity contribution is 8.04. The summed E-state index contributed by atoms with van der Waals surface area (Å²) in [6, 6.07) is 12.3. The van der Waals surface area contributed by atoms with Crippen molar-refractivity contribution in [3.8, 4) is 0 Å². The fourth-order valence-electron chi connectivity index (χ4n) is 2.57. The summed E-state index contributed by atoms with van der Waals surface area (Å²) < 4.78 is 53.3. The first kappa shape index (κ1) is 21.3. The first-order valence-electron chi connectivity index (χ1n) is 8.67. The summed E-state index contributed by atoms with van der Waals surface area (Å²) in [5.41, 5.74) is 2.32. The first-order chi connectivity index (χ1) is 12.6. The Bertz CT molecular complexity index is 931. The summed E-state index contributed by atoms with van der Waals surface area (Å²) >= 11 is 0. The Balaban J connectivity index is 2.58. The number of sulfonamides is 2. The van der Waals surface area contributed by atoms with Crippen LogP contribution in [0.4, 0.5) is 0 Å². The Labute approximate surface area is 162 Å². The van der Waals surface area contributed by atoms with E-state index in [-0.39, 0.29) is 16.3 Å². The minimum atomic E-state index is -4.26. The molecule has 146 valence electrons. The Hall–Kier alpha value is -1.96. The van der Waals surface area contributed by atoms with Crippen LogP contribution in [0.25, 0.3) is 0 Å². The number of rotatable bonds is 8. The van der Waals surface area contributed by atoms with Crippen molar-refractivity contribution in [1.29, 1.82) is 0 Å². The van der Waals surface area contributed by atoms with Gasteiger partial charge in [0, 0.05) is 0 Å². The Morgan fingerprint density at radius 2 is 1.19 bits per heavy atom. The van der Waals surface area contributed by atoms with Crippen LogP contribution in [-0.2, 0) is 20.0 Å². The van der Waals surface area contributed by atoms with Crippen molar-refractivity contribution < 1.29 is 16.8 Å². The average molecular weight is 408 g/mol. The molecule has 2 aromatic carbocycles. The van der Waals surface area contributed by atoms with Gasteiger partial charge >= 0.3 is 0 Å². The average Bonchev–Trinajstić information content (AvgIpc) is 2.60. The van der Waals surface area contributed by atoms with Crippen LogP contribution >= 0.6 is 0 Å². The van der Waals surface area contributed by atoms with E-state index < -0.39 is 20.0 Å². The number of benzene rings is 2. The molecule has 27 heavy (non-hydrogen) atoms. The number of nitrogens with zero attached hydrogens (tertiary/aromatic N) is 1. The lowest BCUT2D eigenvalue weighted by Gasteiger charge is -2.23. The molecule has 0 aliphatic heterocycles. The van der Waals surface area contributed by atoms with Gasteiger partial charge in [-0.15, -0.1) is 0 Å². The van der Waals surface area contributed by atoms with E-state index in [2.05, 4.69) is 6.58 Å². The second kappa shape index (κ2) is 8.37. The molecule has 5 nitrogen and oxygen atoms in total. The van der Waals surface area contributed by atoms with Crippen LogP contribution in [0.2, 0.25) is 0 Å². The third-order valence-corrected chi connectivity index (χ3v) is 8.37. The molecule has 7 heteroatoms. The van der Waals surface area contributed by atoms with Crippen LogP contribution < -0.4 is 0 Å². The summed E-state index contributed by atoms with van der Waals surface area (Å²) in [6.07, 6.45) is 1.30. The third kappa shape index (κ3) is 4.86. The monoisotopic (exact) mass is 407 g/mol. The number of hydrogen-bond donors (Lipinski definition) is 0. The number of hydrogen-bond acceptors (Lipinski definition) is 4. The molecular weight excluding hydrogens is 382 g/mol. The lowest BCUT2D eigenvalue weighted by Crippen LogP contribution is -2.38. The number of aryl methyl sites for hydroxylation is 2. The zero-order valence-corrected chi connectivity index (χ0v) is 17.5. The fraction of sp³-hybridized carbons (Fsp3) is 0.300. The highest BCUT2D eigenvalue weighted by atomic mass is 32.3. The minimum Gasteiger partial charge on any atom is -0.206 e. The van der Waals surface area contributed by atoms with Gasteiger partial charge in [0.25, 0.3) is 20.0 Å². The van der Waals surface area contributed by atoms with Crippen LogP contribution in [0, 0.1) is 13.8 Å². The molecule has 0 radical (unpaired) electrons. The van der Waals surface area contributed by atoms with Gasteiger partial charge in [-0.2, -0.15) is 0 Å². The van der Waals surface area contributed by atoms with Gasteiger partial charge in [0.1, 0.15) is 0 Å². The molecule has 0 saturated heterocycles. The van der Waals surface area contributed by atoms with E-state index in [1.54, 1.807) is 24.3 Å². The van der Waals surface area contributed by atoms with Crippen molar-refractivity contribution in [3.63, 3.8) is 0 Å². The van der Waals surface area contributed by atoms with E-state index in [1.807, 2.05) is 20.8 Å². The van der Waals surface area contributed by atoms with E-state index in [0.29, 0.717) is 15.7 Å². The standard InChI is InChI=1S/C20H25NO4S2/c1-5-6-18(4)15-21(26(22,23)19-11-7-16(2)8-12-19)27(24,25)20-13-9-17(3)10-14-20/h7-14H,4-6,15H2,1-3H3. The summed E-state index contributed by atoms with van der Waals surface area (Å²) in [5, 5.41) is 0. The predicted octanol–water partition coefficient (Wildman–Crippen LogP) is 4.04. The van der Waals surface area contributed by atoms with Gasteiger partial charge in [-0.1, -0.05) is 64.6 Å². The topological polar surface area (TPSA) is 71.5 Å². The second-order valence-corrected chi connectivity index (χ2v) is 10.5. The van der Waals surface area contributed by atoms with Gasteiger partial charge in [0.05, 0.1) is 16.3 Å². The van der Waals surface area contributed by atoms with E-state index in [1.165, 1.54) is 24.3 Å². The SMILES string of the molecule is C=C(CCC)CN(S(=O)(=O)c1ccc(C)cc1)S(=O)(=O)c1ccc(C)cc1. The van der Waals surface area contributed by atoms with Gasteiger partial charge in [-0.25, -0.2) is 16.8 Å². The molecule has 0 amide bonds. The van der Waals surface area contributed by atoms with Crippen molar-refractivity contribution in [3.05, 3.63) is 71.8 Å². The molecule has 0 spiro atoms. The van der Waals surface area contributed by atoms with Crippen LogP contribution in [0.5, 0.6) is 0 Å². The zero-order valence-electron chi connectivity index (χ0n) is 15.8. The van der Waals surface area contributed by atoms with Gasteiger partial charge < -0.3 is 0 Å². The smallest absolute Gasteiger partial charge is 0.206 e. The lowest BCUT2D eigenvalue weighted by atomic mass is 10.2. The van der Waals surface area contributed by atoms with Crippen molar-refractivity contribution in [2.24, 2.45) is 0 Å². The van der Waals surface area contributed by atoms with Crippen molar-refractivity contribution in [2.45, 2.75) is 43.4 Å². The molecule has 0 aliphatic rings. The second-order valence-electron chi connectivity index (χ2n) is 6.57. The summed E-state index contributed by atoms with van der Waals surface area (Å²) in [6.45, 7) is 9.18. The molecular formula is C20H25NO4S2. The zero-order chi connectivity index (χ0) is 20.2. The van der Waals surface area contributed by atoms with Crippen LogP contribution in [0.3, 0.4) is 0 Å². The van der Waals surface area contributed by atoms with Crippen LogP contribution in [0.1, 0.15) is 30.9 Å². The van der Waals surface area contributed by atoms with Crippen LogP contribution in [-0.4, -0.2) is 27.1 Å². The minimum absolute atomic E-state index is 0.0620. The molecule has 0 fully saturated rings. The van der Waals surface area contributed by atoms with Gasteiger partial charge in [0.2, 0.25) is 0 Å². The molecule has 2 rings (SSSR count). The van der Waals surface area contributed by atoms with Crippen molar-refractivity contribution in [1.82, 2.24) is 3.71 Å². The van der Waals surface area contributed by atoms with E-state index >= 15 is 0 Å². The maximum Gasteiger partial charge on any atom is 0.256 e. The molecule has 0 heterocycles. The van der Waals surface area contributed by atoms with Crippen LogP contribution in [0.15, 0.2) is 70.5 Å². The Kier molecular flexibility index (Phi) is 6.62. The molecule has 0 aromatic heterocycles. The largest absolute Gasteiger partial charge is 0.256 e. The maximum absolute atomic E-state index is 13.2. The quantitative estimate of drug-likeness (QED) is 0.619. The van der Waals surface area contributed by atoms with E-state index in [0.717, 1.165) is 17.5 Å². The third-order valence-electron chi connectivity index (χ3n) is 4.13. The van der Waals surface area contributed by atoms with Crippen molar-refractivity contribution >= 4 is 20.0 Å². The molecule has 0 unspecified atom stereocenters. The summed E-state index contributed by atoms with van der Waals surface area (Å²) in [4.78, 5) is -0.124. The van der Waals surface area contributed by atoms with Gasteiger partial charge in [-0.3, -0.25) is 0 Å². The van der Waals surface area contributed by atoms with E-state index in [9.17, 15) is 16.8 Å². The Morgan fingerprint density at radius 1 is 0.815 bits per heavy atom. The summed E-state index contributed by atoms with van der Waals surface area (Å²) in [5.74, 6) is 0. The normalized spacial score (nSPS) is 12.3. The molecule has 0 atom stereocenters. The Morgan fingerprint density at radius 3 is 1.52 bits per heavy atom. The molecule has 0 aliphatic carbocycles. The van der Waals surface area contributed by atoms with Gasteiger partial charge in [-0.05, 0) is 44.5 Å². The lowest BCUT2D eigenvalue weighted by molar-refractivity contribution is 0.507. The summed E-state index contributed by atoms with van der Waals surface area (Å²) in [7, 11) is -8.53. The van der Waals surface area contributed by atoms with E-state index in [4.69, 9.17) is 0 Å². The fourth-order valence-corrected chi connectivity index (χ4v) is 6.26. The molecule has 0 N–H and O–H groups in total. The highest BCUT2D eigenvalue weighted by Crippen LogP contribution is 2.26. The first-order valence-corrected chi connectivity index (χ1v) is 11.5. The van der Waals surface area contributed by atoms with Crippen molar-refractivity contribution in [2.75, 3.05) is 6.54 Å². The molecule has 0 saturated carbocycles. The highest BCUT2D eigenvalue weighted by Gasteiger charge is 2.36. The predicted molar refractivity (Wildman–Crippen MR) is 107 cm³/mol. The molecule has 2 aromatic rings.